The van der Waals surface area contributed by atoms with Crippen molar-refractivity contribution >= 4 is 22.6 Å². The Bertz CT molecular complexity index is 1630. The molecule has 2 saturated heterocycles. The van der Waals surface area contributed by atoms with Crippen molar-refractivity contribution in [1.29, 1.82) is 5.26 Å². The van der Waals surface area contributed by atoms with E-state index in [0.717, 1.165) is 40.7 Å². The summed E-state index contributed by atoms with van der Waals surface area (Å²) in [5.74, 6) is 0.494. The Balaban J connectivity index is 1.44. The van der Waals surface area contributed by atoms with E-state index in [-0.39, 0.29) is 23.9 Å². The molecule has 10 heteroatoms. The lowest BCUT2D eigenvalue weighted by molar-refractivity contribution is -0.136. The van der Waals surface area contributed by atoms with Crippen LogP contribution in [0.3, 0.4) is 0 Å². The molecule has 5 heterocycles. The van der Waals surface area contributed by atoms with Gasteiger partial charge in [-0.25, -0.2) is 0 Å². The number of aryl methyl sites for hydroxylation is 2. The van der Waals surface area contributed by atoms with Crippen molar-refractivity contribution in [3.8, 4) is 23.3 Å². The topological polar surface area (TPSA) is 113 Å². The van der Waals surface area contributed by atoms with Crippen LogP contribution in [0.4, 0.5) is 5.82 Å². The molecule has 0 N–H and O–H groups in total. The molecular formula is C29H28N8O2. The highest BCUT2D eigenvalue weighted by atomic mass is 16.5. The molecule has 6 rings (SSSR count). The number of ether oxygens (including phenoxy) is 1. The molecule has 0 radical (unpaired) electrons. The maximum Gasteiger partial charge on any atom is 0.319 e. The molecule has 4 aromatic rings. The van der Waals surface area contributed by atoms with E-state index in [2.05, 4.69) is 27.6 Å². The molecule has 0 saturated carbocycles. The van der Waals surface area contributed by atoms with Crippen molar-refractivity contribution in [3.63, 3.8) is 0 Å². The van der Waals surface area contributed by atoms with Gasteiger partial charge in [-0.1, -0.05) is 24.8 Å². The third-order valence-corrected chi connectivity index (χ3v) is 7.68. The Morgan fingerprint density at radius 2 is 2.08 bits per heavy atom. The van der Waals surface area contributed by atoms with Gasteiger partial charge in [-0.15, -0.1) is 0 Å². The predicted octanol–water partition coefficient (Wildman–Crippen LogP) is 3.41. The SMILES string of the molecule is C=CC(=O)N1CC2(CCN(c3nc(OCc4ccccn4)nc(-c4c(C)ccc5cnn(C)c45)c3C#N)C2)C1. The standard InChI is InChI=1S/C29H28N8O2/c1-4-23(38)37-17-29(18-37)10-12-36(16-29)27-22(13-30)25(24-19(2)8-9-20-14-32-35(3)26(20)24)33-28(34-27)39-15-21-7-5-6-11-31-21/h4-9,11,14H,1,10,12,15-18H2,2-3H3. The van der Waals surface area contributed by atoms with Gasteiger partial charge in [-0.3, -0.25) is 14.5 Å². The van der Waals surface area contributed by atoms with Crippen LogP contribution in [0.1, 0.15) is 23.2 Å². The molecule has 0 bridgehead atoms. The summed E-state index contributed by atoms with van der Waals surface area (Å²) in [7, 11) is 1.88. The highest BCUT2D eigenvalue weighted by molar-refractivity contribution is 5.97. The molecule has 196 valence electrons. The summed E-state index contributed by atoms with van der Waals surface area (Å²) < 4.78 is 7.87. The lowest BCUT2D eigenvalue weighted by atomic mass is 9.79. The minimum Gasteiger partial charge on any atom is -0.457 e. The minimum atomic E-state index is -0.0499. The molecule has 2 aliphatic heterocycles. The smallest absolute Gasteiger partial charge is 0.319 e. The van der Waals surface area contributed by atoms with Crippen LogP contribution in [0.5, 0.6) is 6.01 Å². The second-order valence-electron chi connectivity index (χ2n) is 10.3. The summed E-state index contributed by atoms with van der Waals surface area (Å²) in [4.78, 5) is 29.9. The first-order valence-electron chi connectivity index (χ1n) is 12.8. The summed E-state index contributed by atoms with van der Waals surface area (Å²) in [6, 6.07) is 12.2. The second kappa shape index (κ2) is 9.51. The normalized spacial score (nSPS) is 15.8. The van der Waals surface area contributed by atoms with E-state index in [4.69, 9.17) is 14.7 Å². The largest absolute Gasteiger partial charge is 0.457 e. The highest BCUT2D eigenvalue weighted by Crippen LogP contribution is 2.43. The molecule has 0 aliphatic carbocycles. The van der Waals surface area contributed by atoms with Crippen molar-refractivity contribution in [2.45, 2.75) is 20.0 Å². The van der Waals surface area contributed by atoms with Crippen LogP contribution in [-0.4, -0.2) is 61.7 Å². The molecule has 2 aliphatic rings. The van der Waals surface area contributed by atoms with Crippen molar-refractivity contribution < 1.29 is 9.53 Å². The van der Waals surface area contributed by atoms with E-state index in [1.54, 1.807) is 15.8 Å². The van der Waals surface area contributed by atoms with Crippen LogP contribution in [0.25, 0.3) is 22.2 Å². The number of hydrogen-bond acceptors (Lipinski definition) is 8. The van der Waals surface area contributed by atoms with E-state index in [1.807, 2.05) is 50.5 Å². The van der Waals surface area contributed by atoms with Gasteiger partial charge in [0.1, 0.15) is 18.2 Å². The van der Waals surface area contributed by atoms with Gasteiger partial charge in [0.2, 0.25) is 5.91 Å². The first kappa shape index (κ1) is 24.6. The fraction of sp³-hybridized carbons (Fsp3) is 0.310. The van der Waals surface area contributed by atoms with Gasteiger partial charge in [0, 0.05) is 55.8 Å². The lowest BCUT2D eigenvalue weighted by Crippen LogP contribution is -2.59. The number of pyridine rings is 1. The van der Waals surface area contributed by atoms with Gasteiger partial charge in [0.25, 0.3) is 0 Å². The van der Waals surface area contributed by atoms with Gasteiger partial charge in [0.05, 0.1) is 23.1 Å². The Kier molecular flexibility index (Phi) is 5.99. The molecule has 10 nitrogen and oxygen atoms in total. The zero-order valence-electron chi connectivity index (χ0n) is 22.0. The fourth-order valence-electron chi connectivity index (χ4n) is 5.72. The van der Waals surface area contributed by atoms with Crippen molar-refractivity contribution in [2.24, 2.45) is 12.5 Å². The number of amides is 1. The van der Waals surface area contributed by atoms with Crippen LogP contribution in [-0.2, 0) is 18.4 Å². The number of aromatic nitrogens is 5. The van der Waals surface area contributed by atoms with Gasteiger partial charge in [0.15, 0.2) is 5.82 Å². The number of nitriles is 1. The van der Waals surface area contributed by atoms with Crippen molar-refractivity contribution in [2.75, 3.05) is 31.1 Å². The lowest BCUT2D eigenvalue weighted by Gasteiger charge is -2.47. The number of fused-ring (bicyclic) bond motifs is 1. The molecule has 3 aromatic heterocycles. The van der Waals surface area contributed by atoms with E-state index < -0.39 is 0 Å². The van der Waals surface area contributed by atoms with Crippen LogP contribution in [0, 0.1) is 23.7 Å². The highest BCUT2D eigenvalue weighted by Gasteiger charge is 2.49. The van der Waals surface area contributed by atoms with Crippen molar-refractivity contribution in [3.05, 3.63) is 72.2 Å². The molecule has 1 spiro atoms. The molecule has 0 unspecified atom stereocenters. The zero-order valence-corrected chi connectivity index (χ0v) is 22.0. The first-order valence-corrected chi connectivity index (χ1v) is 12.8. The first-order chi connectivity index (χ1) is 18.9. The van der Waals surface area contributed by atoms with Crippen molar-refractivity contribution in [1.82, 2.24) is 29.6 Å². The Labute approximate surface area is 226 Å². The molecule has 39 heavy (non-hydrogen) atoms. The number of rotatable bonds is 6. The number of anilines is 1. The number of likely N-dealkylation sites (tertiary alicyclic amines) is 1. The maximum atomic E-state index is 12.1. The number of carbonyl (C=O) groups excluding carboxylic acids is 1. The summed E-state index contributed by atoms with van der Waals surface area (Å²) in [5, 5.41) is 15.9. The number of benzene rings is 1. The summed E-state index contributed by atoms with van der Waals surface area (Å²) in [6.07, 6.45) is 5.78. The molecule has 1 amide bonds. The Morgan fingerprint density at radius 1 is 1.23 bits per heavy atom. The summed E-state index contributed by atoms with van der Waals surface area (Å²) in [6.45, 7) is 8.55. The fourth-order valence-corrected chi connectivity index (χ4v) is 5.72. The third-order valence-electron chi connectivity index (χ3n) is 7.68. The quantitative estimate of drug-likeness (QED) is 0.356. The third kappa shape index (κ3) is 4.26. The predicted molar refractivity (Wildman–Crippen MR) is 146 cm³/mol. The van der Waals surface area contributed by atoms with Gasteiger partial charge >= 0.3 is 6.01 Å². The van der Waals surface area contributed by atoms with E-state index >= 15 is 0 Å². The van der Waals surface area contributed by atoms with Gasteiger partial charge in [-0.05, 0) is 37.1 Å². The average Bonchev–Trinajstić information content (AvgIpc) is 3.55. The van der Waals surface area contributed by atoms with Gasteiger partial charge < -0.3 is 14.5 Å². The Morgan fingerprint density at radius 3 is 2.82 bits per heavy atom. The van der Waals surface area contributed by atoms with Crippen LogP contribution in [0.15, 0.2) is 55.4 Å². The monoisotopic (exact) mass is 520 g/mol. The van der Waals surface area contributed by atoms with Crippen LogP contribution >= 0.6 is 0 Å². The summed E-state index contributed by atoms with van der Waals surface area (Å²) >= 11 is 0. The second-order valence-corrected chi connectivity index (χ2v) is 10.3. The zero-order chi connectivity index (χ0) is 27.1. The Hall–Kier alpha value is -4.78. The van der Waals surface area contributed by atoms with E-state index in [1.165, 1.54) is 6.08 Å². The molecule has 1 aromatic carbocycles. The number of carbonyl (C=O) groups is 1. The molecule has 2 fully saturated rings. The van der Waals surface area contributed by atoms with Crippen LogP contribution < -0.4 is 9.64 Å². The average molecular weight is 521 g/mol. The van der Waals surface area contributed by atoms with E-state index in [9.17, 15) is 10.1 Å². The maximum absolute atomic E-state index is 12.1. The van der Waals surface area contributed by atoms with Crippen LogP contribution in [0.2, 0.25) is 0 Å². The number of nitrogens with zero attached hydrogens (tertiary/aromatic N) is 8. The van der Waals surface area contributed by atoms with E-state index in [0.29, 0.717) is 36.7 Å². The molecule has 0 atom stereocenters. The summed E-state index contributed by atoms with van der Waals surface area (Å²) in [5.41, 5.74) is 4.33. The molecular weight excluding hydrogens is 492 g/mol. The minimum absolute atomic E-state index is 0.0243. The van der Waals surface area contributed by atoms with Gasteiger partial charge in [-0.2, -0.15) is 20.3 Å². The number of hydrogen-bond donors (Lipinski definition) is 0.